The molecule has 1 aliphatic heterocycles. The third-order valence-electron chi connectivity index (χ3n) is 4.39. The molecular formula is C15H18F3N3S. The average Bonchev–Trinajstić information content (AvgIpc) is 2.46. The number of nitrogens with one attached hydrogen (secondary N) is 3. The van der Waals surface area contributed by atoms with Gasteiger partial charge in [-0.2, -0.15) is 13.2 Å². The van der Waals surface area contributed by atoms with E-state index in [1.165, 1.54) is 12.1 Å². The van der Waals surface area contributed by atoms with E-state index in [-0.39, 0.29) is 23.8 Å². The smallest absolute Gasteiger partial charge is 0.365 e. The molecule has 0 bridgehead atoms. The molecule has 0 spiro atoms. The van der Waals surface area contributed by atoms with E-state index in [1.54, 1.807) is 6.07 Å². The summed E-state index contributed by atoms with van der Waals surface area (Å²) in [6.07, 6.45) is -0.449. The zero-order chi connectivity index (χ0) is 15.7. The monoisotopic (exact) mass is 329 g/mol. The average molecular weight is 329 g/mol. The van der Waals surface area contributed by atoms with Crippen LogP contribution in [-0.2, 0) is 6.18 Å². The zero-order valence-electron chi connectivity index (χ0n) is 11.9. The Labute approximate surface area is 132 Å². The van der Waals surface area contributed by atoms with Gasteiger partial charge < -0.3 is 16.0 Å². The fraction of sp³-hybridized carbons (Fsp3) is 0.533. The number of thiocarbonyl (C=S) groups is 1. The van der Waals surface area contributed by atoms with E-state index in [1.807, 2.05) is 0 Å². The van der Waals surface area contributed by atoms with Gasteiger partial charge in [0.15, 0.2) is 5.11 Å². The van der Waals surface area contributed by atoms with E-state index < -0.39 is 11.7 Å². The minimum absolute atomic E-state index is 0.0986. The van der Waals surface area contributed by atoms with Crippen molar-refractivity contribution in [1.29, 1.82) is 0 Å². The molecule has 3 unspecified atom stereocenters. The maximum atomic E-state index is 13.1. The van der Waals surface area contributed by atoms with Crippen LogP contribution in [0.1, 0.15) is 31.2 Å². The summed E-state index contributed by atoms with van der Waals surface area (Å²) in [5.74, 6) is 0.224. The first-order valence-electron chi connectivity index (χ1n) is 7.45. The van der Waals surface area contributed by atoms with Crippen molar-refractivity contribution in [3.8, 4) is 0 Å². The Balaban J connectivity index is 1.84. The number of halogens is 3. The summed E-state index contributed by atoms with van der Waals surface area (Å²) in [5, 5.41) is 9.85. The lowest BCUT2D eigenvalue weighted by atomic mass is 9.81. The van der Waals surface area contributed by atoms with Crippen LogP contribution in [0.5, 0.6) is 0 Å². The van der Waals surface area contributed by atoms with E-state index in [0.29, 0.717) is 5.11 Å². The van der Waals surface area contributed by atoms with Crippen LogP contribution in [0.2, 0.25) is 0 Å². The molecule has 3 rings (SSSR count). The molecule has 2 aliphatic rings. The SMILES string of the molecule is FC(F)(F)c1ccccc1NC1NC(=S)NC2CCCCC21. The van der Waals surface area contributed by atoms with Crippen molar-refractivity contribution < 1.29 is 13.2 Å². The number of hydrogen-bond acceptors (Lipinski definition) is 2. The molecule has 0 amide bonds. The van der Waals surface area contributed by atoms with Gasteiger partial charge in [-0.15, -0.1) is 0 Å². The minimum Gasteiger partial charge on any atom is -0.365 e. The van der Waals surface area contributed by atoms with Gasteiger partial charge in [0.25, 0.3) is 0 Å². The van der Waals surface area contributed by atoms with Gasteiger partial charge in [-0.3, -0.25) is 0 Å². The van der Waals surface area contributed by atoms with Gasteiger partial charge in [0, 0.05) is 17.6 Å². The van der Waals surface area contributed by atoms with Crippen LogP contribution in [0.15, 0.2) is 24.3 Å². The molecule has 1 heterocycles. The molecule has 3 nitrogen and oxygen atoms in total. The number of para-hydroxylation sites is 1. The normalized spacial score (nSPS) is 28.3. The summed E-state index contributed by atoms with van der Waals surface area (Å²) in [6, 6.07) is 5.80. The molecular weight excluding hydrogens is 311 g/mol. The predicted octanol–water partition coefficient (Wildman–Crippen LogP) is 3.48. The Hall–Kier alpha value is -1.50. The second-order valence-corrected chi connectivity index (χ2v) is 6.25. The highest BCUT2D eigenvalue weighted by Gasteiger charge is 2.38. The van der Waals surface area contributed by atoms with E-state index in [4.69, 9.17) is 12.2 Å². The fourth-order valence-electron chi connectivity index (χ4n) is 3.36. The number of benzene rings is 1. The third-order valence-corrected chi connectivity index (χ3v) is 4.63. The van der Waals surface area contributed by atoms with Crippen molar-refractivity contribution in [2.24, 2.45) is 5.92 Å². The molecule has 7 heteroatoms. The van der Waals surface area contributed by atoms with Crippen LogP contribution < -0.4 is 16.0 Å². The van der Waals surface area contributed by atoms with Gasteiger partial charge in [-0.25, -0.2) is 0 Å². The Morgan fingerprint density at radius 2 is 1.82 bits per heavy atom. The summed E-state index contributed by atoms with van der Waals surface area (Å²) >= 11 is 5.19. The van der Waals surface area contributed by atoms with Gasteiger partial charge >= 0.3 is 6.18 Å². The molecule has 2 fully saturated rings. The van der Waals surface area contributed by atoms with E-state index >= 15 is 0 Å². The predicted molar refractivity (Wildman–Crippen MR) is 83.5 cm³/mol. The molecule has 1 saturated carbocycles. The molecule has 1 aliphatic carbocycles. The van der Waals surface area contributed by atoms with Crippen molar-refractivity contribution in [2.45, 2.75) is 44.1 Å². The highest BCUT2D eigenvalue weighted by Crippen LogP contribution is 2.36. The van der Waals surface area contributed by atoms with Crippen LogP contribution >= 0.6 is 12.2 Å². The van der Waals surface area contributed by atoms with Gasteiger partial charge in [0.1, 0.15) is 6.17 Å². The van der Waals surface area contributed by atoms with Crippen LogP contribution in [0, 0.1) is 5.92 Å². The summed E-state index contributed by atoms with van der Waals surface area (Å²) in [5.41, 5.74) is -0.546. The molecule has 1 aromatic carbocycles. The molecule has 1 aromatic rings. The second kappa shape index (κ2) is 5.95. The third kappa shape index (κ3) is 3.14. The van der Waals surface area contributed by atoms with Crippen LogP contribution in [-0.4, -0.2) is 17.3 Å². The molecule has 3 atom stereocenters. The van der Waals surface area contributed by atoms with Crippen molar-refractivity contribution in [2.75, 3.05) is 5.32 Å². The zero-order valence-corrected chi connectivity index (χ0v) is 12.7. The topological polar surface area (TPSA) is 36.1 Å². The maximum absolute atomic E-state index is 13.1. The maximum Gasteiger partial charge on any atom is 0.418 e. The summed E-state index contributed by atoms with van der Waals surface area (Å²) in [7, 11) is 0. The molecule has 3 N–H and O–H groups in total. The largest absolute Gasteiger partial charge is 0.418 e. The highest BCUT2D eigenvalue weighted by molar-refractivity contribution is 7.80. The first kappa shape index (κ1) is 15.4. The van der Waals surface area contributed by atoms with Gasteiger partial charge in [-0.1, -0.05) is 25.0 Å². The lowest BCUT2D eigenvalue weighted by Crippen LogP contribution is -2.63. The van der Waals surface area contributed by atoms with E-state index in [2.05, 4.69) is 16.0 Å². The molecule has 0 radical (unpaired) electrons. The lowest BCUT2D eigenvalue weighted by Gasteiger charge is -2.44. The van der Waals surface area contributed by atoms with Crippen molar-refractivity contribution in [3.63, 3.8) is 0 Å². The Bertz CT molecular complexity index is 561. The molecule has 1 saturated heterocycles. The molecule has 0 aromatic heterocycles. The second-order valence-electron chi connectivity index (χ2n) is 5.84. The first-order valence-corrected chi connectivity index (χ1v) is 7.86. The van der Waals surface area contributed by atoms with Crippen molar-refractivity contribution in [1.82, 2.24) is 10.6 Å². The minimum atomic E-state index is -4.37. The molecule has 120 valence electrons. The van der Waals surface area contributed by atoms with Crippen molar-refractivity contribution >= 4 is 23.0 Å². The Morgan fingerprint density at radius 1 is 1.09 bits per heavy atom. The van der Waals surface area contributed by atoms with Crippen LogP contribution in [0.4, 0.5) is 18.9 Å². The summed E-state index contributed by atoms with van der Waals surface area (Å²) in [4.78, 5) is 0. The van der Waals surface area contributed by atoms with Gasteiger partial charge in [-0.05, 0) is 37.2 Å². The number of hydrogen-bond donors (Lipinski definition) is 3. The van der Waals surface area contributed by atoms with E-state index in [9.17, 15) is 13.2 Å². The van der Waals surface area contributed by atoms with Crippen LogP contribution in [0.3, 0.4) is 0 Å². The van der Waals surface area contributed by atoms with Gasteiger partial charge in [0.2, 0.25) is 0 Å². The number of anilines is 1. The highest BCUT2D eigenvalue weighted by atomic mass is 32.1. The number of fused-ring (bicyclic) bond motifs is 1. The lowest BCUT2D eigenvalue weighted by molar-refractivity contribution is -0.137. The number of alkyl halides is 3. The Kier molecular flexibility index (Phi) is 4.16. The summed E-state index contributed by atoms with van der Waals surface area (Å²) in [6.45, 7) is 0. The number of rotatable bonds is 2. The van der Waals surface area contributed by atoms with Crippen molar-refractivity contribution in [3.05, 3.63) is 29.8 Å². The summed E-state index contributed by atoms with van der Waals surface area (Å²) < 4.78 is 39.3. The quantitative estimate of drug-likeness (QED) is 0.726. The van der Waals surface area contributed by atoms with E-state index in [0.717, 1.165) is 31.7 Å². The molecule has 22 heavy (non-hydrogen) atoms. The van der Waals surface area contributed by atoms with Gasteiger partial charge in [0.05, 0.1) is 5.56 Å². The standard InChI is InChI=1S/C15H18F3N3S/c16-15(17,18)10-6-2-4-8-12(10)19-13-9-5-1-3-7-11(9)20-14(22)21-13/h2,4,6,8-9,11,13,19H,1,3,5,7H2,(H2,20,21,22). The van der Waals surface area contributed by atoms with Crippen LogP contribution in [0.25, 0.3) is 0 Å². The first-order chi connectivity index (χ1) is 10.4. The fourth-order valence-corrected chi connectivity index (χ4v) is 3.64. The Morgan fingerprint density at radius 3 is 2.59 bits per heavy atom.